The van der Waals surface area contributed by atoms with Crippen molar-refractivity contribution < 1.29 is 4.79 Å². The van der Waals surface area contributed by atoms with Crippen molar-refractivity contribution in [2.24, 2.45) is 5.92 Å². The van der Waals surface area contributed by atoms with Crippen molar-refractivity contribution in [1.82, 2.24) is 0 Å². The first-order valence-electron chi connectivity index (χ1n) is 11.9. The van der Waals surface area contributed by atoms with E-state index in [2.05, 4.69) is 31.2 Å². The van der Waals surface area contributed by atoms with Crippen molar-refractivity contribution in [1.29, 1.82) is 0 Å². The first-order chi connectivity index (χ1) is 13.7. The van der Waals surface area contributed by atoms with Gasteiger partial charge in [-0.3, -0.25) is 0 Å². The van der Waals surface area contributed by atoms with E-state index < -0.39 is 0 Å². The number of hydrogen-bond acceptors (Lipinski definition) is 1. The fourth-order valence-corrected chi connectivity index (χ4v) is 4.70. The molecule has 2 fully saturated rings. The number of rotatable bonds is 7. The van der Waals surface area contributed by atoms with Gasteiger partial charge < -0.3 is 4.79 Å². The Morgan fingerprint density at radius 2 is 1.64 bits per heavy atom. The van der Waals surface area contributed by atoms with Crippen LogP contribution in [-0.4, -0.2) is 11.7 Å². The summed E-state index contributed by atoms with van der Waals surface area (Å²) in [6.45, 7) is 6.13. The van der Waals surface area contributed by atoms with Crippen LogP contribution in [0.3, 0.4) is 0 Å². The normalized spacial score (nSPS) is 21.9. The number of halogens is 1. The summed E-state index contributed by atoms with van der Waals surface area (Å²) in [6.07, 6.45) is 17.4. The molecule has 0 amide bonds. The number of benzene rings is 1. The zero-order valence-electron chi connectivity index (χ0n) is 18.6. The summed E-state index contributed by atoms with van der Waals surface area (Å²) < 4.78 is 0. The van der Waals surface area contributed by atoms with Crippen LogP contribution in [-0.2, 0) is 11.2 Å². The van der Waals surface area contributed by atoms with Gasteiger partial charge in [-0.1, -0.05) is 90.0 Å². The summed E-state index contributed by atoms with van der Waals surface area (Å²) in [7, 11) is 0. The fourth-order valence-electron chi connectivity index (χ4n) is 4.36. The first kappa shape index (κ1) is 25.2. The molecule has 0 N–H and O–H groups in total. The standard InChI is InChI=1S/C18H25Cl.C6H12O.C2H6/c19-18-11-10-17(13-18)16-8-6-15(7-9-16)12-14-4-2-1-3-5-14;1-2-3-4-5-6-7;1-2/h6-9,14,17-18H,1-5,10-13H2;6H,2-5H2,1H3;1-2H3. The van der Waals surface area contributed by atoms with E-state index in [1.165, 1.54) is 81.8 Å². The molecule has 160 valence electrons. The molecule has 0 bridgehead atoms. The van der Waals surface area contributed by atoms with Crippen molar-refractivity contribution in [3.05, 3.63) is 35.4 Å². The van der Waals surface area contributed by atoms with Crippen molar-refractivity contribution >= 4 is 17.9 Å². The molecule has 0 saturated heterocycles. The molecule has 1 aromatic rings. The van der Waals surface area contributed by atoms with Gasteiger partial charge in [-0.05, 0) is 55.1 Å². The van der Waals surface area contributed by atoms with Crippen LogP contribution < -0.4 is 0 Å². The van der Waals surface area contributed by atoms with E-state index in [-0.39, 0.29) is 0 Å². The summed E-state index contributed by atoms with van der Waals surface area (Å²) in [5.74, 6) is 1.66. The number of unbranched alkanes of at least 4 members (excludes halogenated alkanes) is 3. The molecule has 0 heterocycles. The quantitative estimate of drug-likeness (QED) is 0.252. The highest BCUT2D eigenvalue weighted by Crippen LogP contribution is 2.37. The monoisotopic (exact) mass is 406 g/mol. The van der Waals surface area contributed by atoms with Crippen molar-refractivity contribution in [2.45, 2.75) is 116 Å². The van der Waals surface area contributed by atoms with E-state index in [9.17, 15) is 4.79 Å². The molecule has 2 aliphatic carbocycles. The van der Waals surface area contributed by atoms with Gasteiger partial charge in [0.1, 0.15) is 6.29 Å². The molecule has 0 radical (unpaired) electrons. The van der Waals surface area contributed by atoms with Crippen LogP contribution in [0.15, 0.2) is 24.3 Å². The highest BCUT2D eigenvalue weighted by Gasteiger charge is 2.24. The van der Waals surface area contributed by atoms with Gasteiger partial charge in [0.05, 0.1) is 0 Å². The average molecular weight is 407 g/mol. The van der Waals surface area contributed by atoms with Gasteiger partial charge in [0.15, 0.2) is 0 Å². The van der Waals surface area contributed by atoms with Crippen LogP contribution in [0.25, 0.3) is 0 Å². The number of carbonyl (C=O) groups is 1. The van der Waals surface area contributed by atoms with Crippen LogP contribution in [0.5, 0.6) is 0 Å². The minimum absolute atomic E-state index is 0.409. The molecular weight excluding hydrogens is 364 g/mol. The number of aldehydes is 1. The highest BCUT2D eigenvalue weighted by atomic mass is 35.5. The van der Waals surface area contributed by atoms with Gasteiger partial charge >= 0.3 is 0 Å². The second-order valence-corrected chi connectivity index (χ2v) is 8.84. The maximum Gasteiger partial charge on any atom is 0.119 e. The fraction of sp³-hybridized carbons (Fsp3) is 0.731. The van der Waals surface area contributed by atoms with Crippen LogP contribution in [0.4, 0.5) is 0 Å². The van der Waals surface area contributed by atoms with Crippen molar-refractivity contribution in [3.63, 3.8) is 0 Å². The molecule has 2 saturated carbocycles. The van der Waals surface area contributed by atoms with E-state index >= 15 is 0 Å². The lowest BCUT2D eigenvalue weighted by Gasteiger charge is -2.21. The van der Waals surface area contributed by atoms with Gasteiger partial charge in [0.25, 0.3) is 0 Å². The van der Waals surface area contributed by atoms with Gasteiger partial charge in [-0.25, -0.2) is 0 Å². The molecule has 3 rings (SSSR count). The van der Waals surface area contributed by atoms with Gasteiger partial charge in [0.2, 0.25) is 0 Å². The van der Waals surface area contributed by atoms with Crippen molar-refractivity contribution in [3.8, 4) is 0 Å². The van der Waals surface area contributed by atoms with Gasteiger partial charge in [-0.15, -0.1) is 11.6 Å². The molecule has 0 aromatic heterocycles. The Morgan fingerprint density at radius 1 is 0.964 bits per heavy atom. The third kappa shape index (κ3) is 10.1. The van der Waals surface area contributed by atoms with Crippen LogP contribution in [0, 0.1) is 5.92 Å². The predicted molar refractivity (Wildman–Crippen MR) is 125 cm³/mol. The third-order valence-corrected chi connectivity index (χ3v) is 6.39. The van der Waals surface area contributed by atoms with E-state index in [1.54, 1.807) is 0 Å². The topological polar surface area (TPSA) is 17.1 Å². The molecule has 1 aromatic carbocycles. The maximum absolute atomic E-state index is 9.68. The van der Waals surface area contributed by atoms with Gasteiger partial charge in [0, 0.05) is 11.8 Å². The van der Waals surface area contributed by atoms with E-state index in [1.807, 2.05) is 13.8 Å². The number of hydrogen-bond donors (Lipinski definition) is 0. The van der Waals surface area contributed by atoms with Crippen molar-refractivity contribution in [2.75, 3.05) is 0 Å². The largest absolute Gasteiger partial charge is 0.303 e. The van der Waals surface area contributed by atoms with E-state index in [0.29, 0.717) is 11.3 Å². The van der Waals surface area contributed by atoms with E-state index in [4.69, 9.17) is 11.6 Å². The smallest absolute Gasteiger partial charge is 0.119 e. The number of alkyl halides is 1. The molecule has 28 heavy (non-hydrogen) atoms. The zero-order valence-corrected chi connectivity index (χ0v) is 19.4. The second kappa shape index (κ2) is 16.0. The SMILES string of the molecule is CC.CCCCCC=O.ClC1CCC(c2ccc(CC3CCCCC3)cc2)C1. The van der Waals surface area contributed by atoms with Crippen LogP contribution in [0.1, 0.15) is 115 Å². The Bertz CT molecular complexity index is 490. The molecule has 1 nitrogen and oxygen atoms in total. The predicted octanol–water partition coefficient (Wildman–Crippen LogP) is 8.48. The second-order valence-electron chi connectivity index (χ2n) is 8.22. The zero-order chi connectivity index (χ0) is 20.6. The summed E-state index contributed by atoms with van der Waals surface area (Å²) in [5, 5.41) is 0.409. The Hall–Kier alpha value is -0.820. The molecule has 2 unspecified atom stereocenters. The molecule has 0 aliphatic heterocycles. The maximum atomic E-state index is 9.68. The lowest BCUT2D eigenvalue weighted by Crippen LogP contribution is -2.09. The minimum Gasteiger partial charge on any atom is -0.303 e. The minimum atomic E-state index is 0.409. The Labute approximate surface area is 179 Å². The Morgan fingerprint density at radius 3 is 2.18 bits per heavy atom. The highest BCUT2D eigenvalue weighted by molar-refractivity contribution is 6.20. The third-order valence-electron chi connectivity index (χ3n) is 5.99. The van der Waals surface area contributed by atoms with Crippen LogP contribution >= 0.6 is 11.6 Å². The van der Waals surface area contributed by atoms with E-state index in [0.717, 1.165) is 25.0 Å². The first-order valence-corrected chi connectivity index (χ1v) is 12.3. The average Bonchev–Trinajstić information content (AvgIpc) is 3.18. The van der Waals surface area contributed by atoms with Crippen LogP contribution in [0.2, 0.25) is 0 Å². The Balaban J connectivity index is 0.000000372. The molecule has 0 spiro atoms. The van der Waals surface area contributed by atoms with Gasteiger partial charge in [-0.2, -0.15) is 0 Å². The summed E-state index contributed by atoms with van der Waals surface area (Å²) in [6, 6.07) is 9.45. The molecule has 2 heteroatoms. The summed E-state index contributed by atoms with van der Waals surface area (Å²) in [4.78, 5) is 9.68. The lowest BCUT2D eigenvalue weighted by molar-refractivity contribution is -0.107. The molecule has 2 atom stereocenters. The summed E-state index contributed by atoms with van der Waals surface area (Å²) in [5.41, 5.74) is 3.05. The molecule has 2 aliphatic rings. The lowest BCUT2D eigenvalue weighted by atomic mass is 9.84. The molecular formula is C26H43ClO. The number of carbonyl (C=O) groups excluding carboxylic acids is 1. The Kier molecular flexibility index (Phi) is 14.4. The summed E-state index contributed by atoms with van der Waals surface area (Å²) >= 11 is 6.22.